The second kappa shape index (κ2) is 14.3. The minimum atomic E-state index is -0.296. The lowest BCUT2D eigenvalue weighted by atomic mass is 10.0. The van der Waals surface area contributed by atoms with E-state index in [1.165, 1.54) is 0 Å². The number of hydrogen-bond donors (Lipinski definition) is 2. The first-order valence-electron chi connectivity index (χ1n) is 12.5. The maximum Gasteiger partial charge on any atom is 0.231 e. The van der Waals surface area contributed by atoms with Crippen LogP contribution >= 0.6 is 0 Å². The van der Waals surface area contributed by atoms with Crippen LogP contribution in [0.5, 0.6) is 0 Å². The molecule has 2 heterocycles. The zero-order chi connectivity index (χ0) is 32.1. The van der Waals surface area contributed by atoms with Gasteiger partial charge in [0.2, 0.25) is 35.7 Å². The van der Waals surface area contributed by atoms with E-state index in [9.17, 15) is 0 Å². The topological polar surface area (TPSA) is 321 Å². The largest absolute Gasteiger partial charge is 0.324 e. The normalized spacial score (nSPS) is 10.1. The Morgan fingerprint density at radius 2 is 0.978 bits per heavy atom. The Morgan fingerprint density at radius 3 is 1.48 bits per heavy atom. The Balaban J connectivity index is 1.50. The molecule has 0 fully saturated rings. The smallest absolute Gasteiger partial charge is 0.231 e. The molecule has 2 aromatic heterocycles. The van der Waals surface area contributed by atoms with Gasteiger partial charge >= 0.3 is 0 Å². The molecule has 0 aliphatic carbocycles. The van der Waals surface area contributed by atoms with E-state index in [-0.39, 0.29) is 35.7 Å². The molecule has 22 nitrogen and oxygen atoms in total. The molecule has 0 spiro atoms. The molecule has 5 aromatic rings. The highest BCUT2D eigenvalue weighted by Crippen LogP contribution is 2.36. The summed E-state index contributed by atoms with van der Waals surface area (Å²) in [5.74, 6) is -1.22. The van der Waals surface area contributed by atoms with E-state index >= 15 is 0 Å². The summed E-state index contributed by atoms with van der Waals surface area (Å²) in [6.45, 7) is 0. The molecule has 0 unspecified atom stereocenters. The monoisotopic (exact) mass is 610 g/mol. The number of hydrogen-bond acceptors (Lipinski definition) is 14. The lowest BCUT2D eigenvalue weighted by Gasteiger charge is -2.12. The van der Waals surface area contributed by atoms with E-state index in [2.05, 4.69) is 90.9 Å². The van der Waals surface area contributed by atoms with E-state index in [1.54, 1.807) is 42.5 Å². The maximum atomic E-state index is 8.78. The molecule has 0 saturated carbocycles. The number of benzene rings is 3. The van der Waals surface area contributed by atoms with E-state index in [0.29, 0.717) is 28.3 Å². The van der Waals surface area contributed by atoms with E-state index < -0.39 is 0 Å². The van der Waals surface area contributed by atoms with Crippen LogP contribution in [-0.2, 0) is 0 Å². The van der Waals surface area contributed by atoms with E-state index in [1.807, 2.05) is 30.3 Å². The van der Waals surface area contributed by atoms with Crippen molar-refractivity contribution in [3.8, 4) is 11.1 Å². The van der Waals surface area contributed by atoms with Gasteiger partial charge in [0, 0.05) is 36.6 Å². The molecular weight excluding hydrogens is 596 g/mol. The van der Waals surface area contributed by atoms with Gasteiger partial charge in [0.15, 0.2) is 0 Å². The van der Waals surface area contributed by atoms with Gasteiger partial charge < -0.3 is 10.6 Å². The Bertz CT molecular complexity index is 2050. The molecule has 2 N–H and O–H groups in total. The Hall–Kier alpha value is -7.88. The van der Waals surface area contributed by atoms with Crippen molar-refractivity contribution in [1.82, 2.24) is 29.9 Å². The first-order valence-corrected chi connectivity index (χ1v) is 12.5. The van der Waals surface area contributed by atoms with Crippen molar-refractivity contribution in [1.29, 1.82) is 0 Å². The summed E-state index contributed by atoms with van der Waals surface area (Å²) in [4.78, 5) is 34.2. The van der Waals surface area contributed by atoms with Crippen LogP contribution in [0.2, 0.25) is 0 Å². The molecule has 0 aliphatic rings. The van der Waals surface area contributed by atoms with Crippen molar-refractivity contribution >= 4 is 58.4 Å². The van der Waals surface area contributed by atoms with Gasteiger partial charge in [-0.05, 0) is 90.6 Å². The van der Waals surface area contributed by atoms with Gasteiger partial charge in [0.25, 0.3) is 0 Å². The molecule has 0 amide bonds. The number of aromatic nitrogens is 6. The predicted molar refractivity (Wildman–Crippen MR) is 164 cm³/mol. The van der Waals surface area contributed by atoms with Crippen LogP contribution in [0.4, 0.5) is 58.4 Å². The van der Waals surface area contributed by atoms with Crippen LogP contribution in [0.1, 0.15) is 0 Å². The van der Waals surface area contributed by atoms with Gasteiger partial charge in [-0.25, -0.2) is 9.97 Å². The lowest BCUT2D eigenvalue weighted by Crippen LogP contribution is -1.99. The maximum absolute atomic E-state index is 8.78. The average Bonchev–Trinajstić information content (AvgIpc) is 3.05. The second-order valence-electron chi connectivity index (χ2n) is 8.37. The van der Waals surface area contributed by atoms with Crippen molar-refractivity contribution in [3.05, 3.63) is 115 Å². The molecule has 0 aliphatic heterocycles. The van der Waals surface area contributed by atoms with E-state index in [0.717, 1.165) is 5.56 Å². The summed E-state index contributed by atoms with van der Waals surface area (Å²) in [6, 6.07) is 21.4. The summed E-state index contributed by atoms with van der Waals surface area (Å²) in [6.07, 6.45) is 0. The molecule has 0 atom stereocenters. The predicted octanol–water partition coefficient (Wildman–Crippen LogP) is 9.39. The number of azide groups is 4. The van der Waals surface area contributed by atoms with Crippen molar-refractivity contribution < 1.29 is 0 Å². The number of anilines is 4. The minimum Gasteiger partial charge on any atom is -0.324 e. The number of nitrogens with zero attached hydrogens (tertiary/aromatic N) is 20. The van der Waals surface area contributed by atoms with Gasteiger partial charge in [-0.1, -0.05) is 30.3 Å². The fourth-order valence-electron chi connectivity index (χ4n) is 3.69. The molecule has 5 rings (SSSR count). The van der Waals surface area contributed by atoms with Crippen LogP contribution in [-0.4, -0.2) is 29.9 Å². The summed E-state index contributed by atoms with van der Waals surface area (Å²) < 4.78 is 0. The third-order valence-corrected chi connectivity index (χ3v) is 5.49. The lowest BCUT2D eigenvalue weighted by molar-refractivity contribution is 1.02. The molecule has 46 heavy (non-hydrogen) atoms. The summed E-state index contributed by atoms with van der Waals surface area (Å²) in [5, 5.41) is 28.1. The number of rotatable bonds is 11. The minimum absolute atomic E-state index is 0.0198. The first kappa shape index (κ1) is 29.6. The number of azo groups is 1. The third kappa shape index (κ3) is 7.69. The van der Waals surface area contributed by atoms with Crippen molar-refractivity contribution in [2.45, 2.75) is 0 Å². The molecular formula is C24H14N22. The molecule has 3 aromatic carbocycles. The Morgan fingerprint density at radius 1 is 0.500 bits per heavy atom. The summed E-state index contributed by atoms with van der Waals surface area (Å²) >= 11 is 0. The van der Waals surface area contributed by atoms with Crippen molar-refractivity contribution in [2.75, 3.05) is 10.6 Å². The van der Waals surface area contributed by atoms with Crippen LogP contribution in [0, 0.1) is 0 Å². The highest BCUT2D eigenvalue weighted by Gasteiger charge is 2.11. The van der Waals surface area contributed by atoms with Crippen LogP contribution < -0.4 is 10.6 Å². The number of nitrogens with one attached hydrogen (secondary N) is 2. The van der Waals surface area contributed by atoms with Gasteiger partial charge in [-0.3, -0.25) is 0 Å². The molecule has 0 bridgehead atoms. The quantitative estimate of drug-likeness (QED) is 0.0820. The zero-order valence-corrected chi connectivity index (χ0v) is 22.9. The Labute approximate surface area is 255 Å². The van der Waals surface area contributed by atoms with Gasteiger partial charge in [-0.2, -0.15) is 25.1 Å². The molecule has 220 valence electrons. The van der Waals surface area contributed by atoms with Gasteiger partial charge in [-0.15, -0.1) is 5.11 Å². The molecule has 0 radical (unpaired) electrons. The van der Waals surface area contributed by atoms with Crippen molar-refractivity contribution in [3.63, 3.8) is 0 Å². The Kier molecular flexibility index (Phi) is 9.23. The van der Waals surface area contributed by atoms with E-state index in [4.69, 9.17) is 22.1 Å². The SMILES string of the molecule is [N-]=[N+]=Nc1nc(N=[N+]=[N-])nc(Nc2ccc(-c3cc(Nc4nc(N=[N+]=[N-])nc(N=[N+]=[N-])n4)ccc3N=Nc3ccccc3)cc2)n1. The molecule has 22 heteroatoms. The first-order chi connectivity index (χ1) is 22.6. The average molecular weight is 611 g/mol. The fourth-order valence-corrected chi connectivity index (χ4v) is 3.69. The van der Waals surface area contributed by atoms with Crippen molar-refractivity contribution in [2.24, 2.45) is 30.7 Å². The molecule has 0 saturated heterocycles. The summed E-state index contributed by atoms with van der Waals surface area (Å²) in [7, 11) is 0. The standard InChI is InChI=1S/C24H14N22/c25-43-39-21-31-19(32-22(35-21)40-44-26)29-14-8-6-13(7-9-14)17-12-16(10-11-18(17)38-37-15-4-2-1-3-5-15)30-20-33-23(41-45-27)36-24(34-20)42-46-28/h1-12H,(H,29,31,32,35)(H,30,33,34,36). The zero-order valence-electron chi connectivity index (χ0n) is 22.9. The fraction of sp³-hybridized carbons (Fsp3) is 0. The van der Waals surface area contributed by atoms with Crippen LogP contribution in [0.25, 0.3) is 52.9 Å². The third-order valence-electron chi connectivity index (χ3n) is 5.49. The van der Waals surface area contributed by atoms with Gasteiger partial charge in [0.1, 0.15) is 0 Å². The second-order valence-corrected chi connectivity index (χ2v) is 8.37. The summed E-state index contributed by atoms with van der Waals surface area (Å²) in [5.41, 5.74) is 38.6. The van der Waals surface area contributed by atoms with Crippen LogP contribution in [0.15, 0.2) is 103 Å². The highest BCUT2D eigenvalue weighted by atomic mass is 15.3. The van der Waals surface area contributed by atoms with Gasteiger partial charge in [0.05, 0.1) is 11.4 Å². The van der Waals surface area contributed by atoms with Crippen LogP contribution in [0.3, 0.4) is 0 Å². The highest BCUT2D eigenvalue weighted by molar-refractivity contribution is 5.81.